The van der Waals surface area contributed by atoms with E-state index in [1.54, 1.807) is 25.4 Å². The quantitative estimate of drug-likeness (QED) is 0.681. The summed E-state index contributed by atoms with van der Waals surface area (Å²) < 4.78 is 31.2. The first kappa shape index (κ1) is 18.1. The zero-order valence-electron chi connectivity index (χ0n) is 14.8. The van der Waals surface area contributed by atoms with Crippen molar-refractivity contribution in [1.82, 2.24) is 14.5 Å². The minimum Gasteiger partial charge on any atom is -0.493 e. The molecule has 0 atom stereocenters. The number of sulfone groups is 1. The van der Waals surface area contributed by atoms with E-state index in [0.29, 0.717) is 34.4 Å². The maximum atomic E-state index is 12.4. The number of aryl methyl sites for hydroxylation is 1. The molecule has 26 heavy (non-hydrogen) atoms. The van der Waals surface area contributed by atoms with E-state index >= 15 is 0 Å². The van der Waals surface area contributed by atoms with Crippen molar-refractivity contribution in [2.75, 3.05) is 12.9 Å². The molecule has 7 nitrogen and oxygen atoms in total. The molecule has 2 heterocycles. The van der Waals surface area contributed by atoms with Crippen LogP contribution < -0.4 is 10.3 Å². The van der Waals surface area contributed by atoms with E-state index in [-0.39, 0.29) is 10.5 Å². The van der Waals surface area contributed by atoms with Crippen LogP contribution in [0.3, 0.4) is 0 Å². The maximum Gasteiger partial charge on any atom is 0.261 e. The normalized spacial score (nSPS) is 11.7. The van der Waals surface area contributed by atoms with Gasteiger partial charge in [-0.2, -0.15) is 0 Å². The van der Waals surface area contributed by atoms with E-state index in [0.717, 1.165) is 12.7 Å². The van der Waals surface area contributed by atoms with Crippen LogP contribution in [0.5, 0.6) is 5.75 Å². The average molecular weight is 373 g/mol. The van der Waals surface area contributed by atoms with Gasteiger partial charge in [0.1, 0.15) is 12.1 Å². The van der Waals surface area contributed by atoms with Gasteiger partial charge < -0.3 is 9.30 Å². The molecule has 0 radical (unpaired) electrons. The van der Waals surface area contributed by atoms with Gasteiger partial charge in [-0.1, -0.05) is 6.92 Å². The first-order valence-corrected chi connectivity index (χ1v) is 9.98. The number of pyridine rings is 1. The van der Waals surface area contributed by atoms with Crippen LogP contribution in [0.4, 0.5) is 0 Å². The van der Waals surface area contributed by atoms with E-state index < -0.39 is 9.84 Å². The molecule has 8 heteroatoms. The van der Waals surface area contributed by atoms with Gasteiger partial charge in [-0.15, -0.1) is 0 Å². The molecule has 0 saturated heterocycles. The highest BCUT2D eigenvalue weighted by Gasteiger charge is 2.18. The van der Waals surface area contributed by atoms with Gasteiger partial charge in [-0.25, -0.2) is 18.4 Å². The summed E-state index contributed by atoms with van der Waals surface area (Å²) in [7, 11) is -1.77. The predicted octanol–water partition coefficient (Wildman–Crippen LogP) is 2.19. The van der Waals surface area contributed by atoms with Crippen molar-refractivity contribution in [3.8, 4) is 16.9 Å². The van der Waals surface area contributed by atoms with Crippen LogP contribution in [0, 0.1) is 0 Å². The highest BCUT2D eigenvalue weighted by atomic mass is 32.2. The van der Waals surface area contributed by atoms with Crippen molar-refractivity contribution in [3.05, 3.63) is 47.3 Å². The molecule has 1 aromatic carbocycles. The fourth-order valence-corrected chi connectivity index (χ4v) is 3.34. The fourth-order valence-electron chi connectivity index (χ4n) is 2.69. The van der Waals surface area contributed by atoms with Crippen LogP contribution in [0.1, 0.15) is 13.3 Å². The summed E-state index contributed by atoms with van der Waals surface area (Å²) in [5.74, 6) is 0.540. The zero-order chi connectivity index (χ0) is 18.9. The summed E-state index contributed by atoms with van der Waals surface area (Å²) in [4.78, 5) is 20.7. The molecule has 2 aromatic heterocycles. The molecule has 0 bridgehead atoms. The summed E-state index contributed by atoms with van der Waals surface area (Å²) in [6.45, 7) is 2.48. The number of ether oxygens (including phenoxy) is 1. The van der Waals surface area contributed by atoms with E-state index in [2.05, 4.69) is 9.97 Å². The first-order chi connectivity index (χ1) is 12.3. The van der Waals surface area contributed by atoms with E-state index in [1.165, 1.54) is 23.2 Å². The lowest BCUT2D eigenvalue weighted by atomic mass is 10.0. The summed E-state index contributed by atoms with van der Waals surface area (Å²) in [5.41, 5.74) is 1.41. The second kappa shape index (κ2) is 6.87. The Hall–Kier alpha value is -2.74. The van der Waals surface area contributed by atoms with Crippen molar-refractivity contribution in [1.29, 1.82) is 0 Å². The maximum absolute atomic E-state index is 12.4. The third kappa shape index (κ3) is 3.32. The second-order valence-electron chi connectivity index (χ2n) is 6.02. The summed E-state index contributed by atoms with van der Waals surface area (Å²) in [5, 5.41) is 0.360. The molecule has 3 rings (SSSR count). The van der Waals surface area contributed by atoms with Crippen LogP contribution in [-0.2, 0) is 16.9 Å². The monoisotopic (exact) mass is 373 g/mol. The van der Waals surface area contributed by atoms with Gasteiger partial charge >= 0.3 is 0 Å². The van der Waals surface area contributed by atoms with Crippen LogP contribution in [0.25, 0.3) is 22.0 Å². The topological polar surface area (TPSA) is 91.2 Å². The number of hydrogen-bond acceptors (Lipinski definition) is 6. The smallest absolute Gasteiger partial charge is 0.261 e. The van der Waals surface area contributed by atoms with Gasteiger partial charge in [0, 0.05) is 36.8 Å². The number of nitrogens with zero attached hydrogens (tertiary/aromatic N) is 3. The molecule has 0 N–H and O–H groups in total. The minimum absolute atomic E-state index is 0.174. The van der Waals surface area contributed by atoms with Crippen molar-refractivity contribution in [2.45, 2.75) is 18.2 Å². The van der Waals surface area contributed by atoms with E-state index in [1.807, 2.05) is 6.92 Å². The Morgan fingerprint density at radius 2 is 2.00 bits per heavy atom. The highest BCUT2D eigenvalue weighted by Crippen LogP contribution is 2.35. The zero-order valence-corrected chi connectivity index (χ0v) is 15.6. The minimum atomic E-state index is -3.40. The van der Waals surface area contributed by atoms with Gasteiger partial charge in [0.15, 0.2) is 9.84 Å². The van der Waals surface area contributed by atoms with Gasteiger partial charge in [0.2, 0.25) is 0 Å². The lowest BCUT2D eigenvalue weighted by Gasteiger charge is -2.15. The summed E-state index contributed by atoms with van der Waals surface area (Å²) in [6.07, 6.45) is 6.42. The standard InChI is InChI=1S/C18H19N3O4S/c1-4-7-25-16-6-5-12(26(3,23)24)8-13(16)15-10-21(2)18(22)14-9-19-11-20-17(14)15/h5-6,8-11H,4,7H2,1-3H3. The Bertz CT molecular complexity index is 1140. The van der Waals surface area contributed by atoms with Crippen molar-refractivity contribution in [2.24, 2.45) is 7.05 Å². The molecular weight excluding hydrogens is 354 g/mol. The second-order valence-corrected chi connectivity index (χ2v) is 8.04. The van der Waals surface area contributed by atoms with E-state index in [9.17, 15) is 13.2 Å². The number of aromatic nitrogens is 3. The predicted molar refractivity (Wildman–Crippen MR) is 99.1 cm³/mol. The number of hydrogen-bond donors (Lipinski definition) is 0. The Balaban J connectivity index is 2.36. The molecule has 0 aliphatic rings. The third-order valence-electron chi connectivity index (χ3n) is 3.97. The number of rotatable bonds is 5. The summed E-state index contributed by atoms with van der Waals surface area (Å²) in [6, 6.07) is 4.71. The lowest BCUT2D eigenvalue weighted by Crippen LogP contribution is -2.17. The molecule has 0 spiro atoms. The SMILES string of the molecule is CCCOc1ccc(S(C)(=O)=O)cc1-c1cn(C)c(=O)c2cncnc12. The third-order valence-corrected chi connectivity index (χ3v) is 5.08. The lowest BCUT2D eigenvalue weighted by molar-refractivity contribution is 0.318. The van der Waals surface area contributed by atoms with Crippen LogP contribution >= 0.6 is 0 Å². The average Bonchev–Trinajstić information content (AvgIpc) is 2.62. The fraction of sp³-hybridized carbons (Fsp3) is 0.278. The molecular formula is C18H19N3O4S. The molecule has 0 aliphatic carbocycles. The van der Waals surface area contributed by atoms with Crippen LogP contribution in [0.2, 0.25) is 0 Å². The van der Waals surface area contributed by atoms with E-state index in [4.69, 9.17) is 4.74 Å². The molecule has 0 unspecified atom stereocenters. The Labute approximate surface area is 151 Å². The molecule has 0 amide bonds. The Morgan fingerprint density at radius 3 is 2.69 bits per heavy atom. The van der Waals surface area contributed by atoms with Crippen LogP contribution in [-0.4, -0.2) is 35.8 Å². The molecule has 0 aliphatic heterocycles. The highest BCUT2D eigenvalue weighted by molar-refractivity contribution is 7.90. The van der Waals surface area contributed by atoms with Gasteiger partial charge in [-0.3, -0.25) is 4.79 Å². The van der Waals surface area contributed by atoms with Crippen molar-refractivity contribution < 1.29 is 13.2 Å². The molecule has 3 aromatic rings. The molecule has 0 saturated carbocycles. The summed E-state index contributed by atoms with van der Waals surface area (Å²) >= 11 is 0. The van der Waals surface area contributed by atoms with Crippen LogP contribution in [0.15, 0.2) is 46.6 Å². The van der Waals surface area contributed by atoms with Gasteiger partial charge in [-0.05, 0) is 24.6 Å². The Kier molecular flexibility index (Phi) is 4.78. The molecule has 136 valence electrons. The number of fused-ring (bicyclic) bond motifs is 1. The van der Waals surface area contributed by atoms with Gasteiger partial charge in [0.05, 0.1) is 22.4 Å². The van der Waals surface area contributed by atoms with Crippen molar-refractivity contribution in [3.63, 3.8) is 0 Å². The molecule has 0 fully saturated rings. The van der Waals surface area contributed by atoms with Gasteiger partial charge in [0.25, 0.3) is 5.56 Å². The number of benzene rings is 1. The largest absolute Gasteiger partial charge is 0.493 e. The first-order valence-electron chi connectivity index (χ1n) is 8.09. The Morgan fingerprint density at radius 1 is 1.23 bits per heavy atom. The van der Waals surface area contributed by atoms with Crippen molar-refractivity contribution >= 4 is 20.7 Å².